The van der Waals surface area contributed by atoms with Crippen molar-refractivity contribution in [3.05, 3.63) is 46.2 Å². The van der Waals surface area contributed by atoms with Crippen molar-refractivity contribution in [1.29, 1.82) is 0 Å². The molecule has 2 aromatic rings. The van der Waals surface area contributed by atoms with Gasteiger partial charge in [-0.1, -0.05) is 12.1 Å². The van der Waals surface area contributed by atoms with Crippen LogP contribution in [0.2, 0.25) is 0 Å². The van der Waals surface area contributed by atoms with E-state index in [1.807, 2.05) is 13.1 Å². The second-order valence-corrected chi connectivity index (χ2v) is 5.70. The number of phenols is 1. The maximum atomic E-state index is 9.88. The smallest absolute Gasteiger partial charge is 0.123 e. The molecular formula is C15H19NO2S. The van der Waals surface area contributed by atoms with Crippen molar-refractivity contribution >= 4 is 17.0 Å². The molecule has 0 radical (unpaired) electrons. The number of benzene rings is 1. The van der Waals surface area contributed by atoms with Crippen molar-refractivity contribution in [2.45, 2.75) is 19.4 Å². The molecule has 0 saturated heterocycles. The number of likely N-dealkylation sites (N-methyl/N-ethyl adjacent to an activating group) is 1. The molecule has 0 bridgehead atoms. The molecular weight excluding hydrogens is 258 g/mol. The fourth-order valence-electron chi connectivity index (χ4n) is 1.98. The fourth-order valence-corrected chi connectivity index (χ4v) is 2.68. The van der Waals surface area contributed by atoms with Gasteiger partial charge in [-0.15, -0.1) is 11.3 Å². The van der Waals surface area contributed by atoms with E-state index in [4.69, 9.17) is 0 Å². The van der Waals surface area contributed by atoms with Crippen LogP contribution in [0.3, 0.4) is 0 Å². The van der Waals surface area contributed by atoms with Crippen LogP contribution in [0.25, 0.3) is 0 Å². The summed E-state index contributed by atoms with van der Waals surface area (Å²) in [5.41, 5.74) is 1.52. The average molecular weight is 277 g/mol. The number of hydrogen-bond donors (Lipinski definition) is 2. The van der Waals surface area contributed by atoms with Crippen LogP contribution in [-0.2, 0) is 6.42 Å². The molecule has 1 aromatic carbocycles. The summed E-state index contributed by atoms with van der Waals surface area (Å²) in [6.45, 7) is 2.54. The summed E-state index contributed by atoms with van der Waals surface area (Å²) >= 11 is 1.76. The van der Waals surface area contributed by atoms with E-state index >= 15 is 0 Å². The Kier molecular flexibility index (Phi) is 4.45. The lowest BCUT2D eigenvalue weighted by molar-refractivity contribution is 0.195. The van der Waals surface area contributed by atoms with E-state index in [1.54, 1.807) is 30.4 Å². The lowest BCUT2D eigenvalue weighted by Crippen LogP contribution is -2.19. The summed E-state index contributed by atoms with van der Waals surface area (Å²) in [5, 5.41) is 21.5. The predicted octanol–water partition coefficient (Wildman–Crippen LogP) is 3.19. The molecule has 0 aliphatic carbocycles. The van der Waals surface area contributed by atoms with Gasteiger partial charge in [-0.2, -0.15) is 0 Å². The van der Waals surface area contributed by atoms with E-state index in [0.717, 1.165) is 18.7 Å². The van der Waals surface area contributed by atoms with Crippen molar-refractivity contribution < 1.29 is 10.2 Å². The zero-order valence-corrected chi connectivity index (χ0v) is 12.0. The average Bonchev–Trinajstić information content (AvgIpc) is 2.88. The van der Waals surface area contributed by atoms with Gasteiger partial charge in [0.1, 0.15) is 5.75 Å². The highest BCUT2D eigenvalue weighted by Gasteiger charge is 2.09. The topological polar surface area (TPSA) is 43.7 Å². The molecule has 4 heteroatoms. The molecule has 1 heterocycles. The first-order chi connectivity index (χ1) is 9.08. The van der Waals surface area contributed by atoms with E-state index in [2.05, 4.69) is 22.4 Å². The predicted molar refractivity (Wildman–Crippen MR) is 80.0 cm³/mol. The number of aromatic hydroxyl groups is 1. The minimum atomic E-state index is -0.648. The first kappa shape index (κ1) is 13.9. The summed E-state index contributed by atoms with van der Waals surface area (Å²) in [5.74, 6) is 0.149. The Labute approximate surface area is 117 Å². The van der Waals surface area contributed by atoms with Gasteiger partial charge in [0, 0.05) is 35.8 Å². The summed E-state index contributed by atoms with van der Waals surface area (Å²) < 4.78 is 0. The zero-order valence-electron chi connectivity index (χ0n) is 11.2. The van der Waals surface area contributed by atoms with Gasteiger partial charge in [-0.25, -0.2) is 0 Å². The van der Waals surface area contributed by atoms with Crippen LogP contribution in [0.1, 0.15) is 23.5 Å². The Bertz CT molecular complexity index is 523. The third-order valence-electron chi connectivity index (χ3n) is 3.18. The minimum absolute atomic E-state index is 0.149. The lowest BCUT2D eigenvalue weighted by atomic mass is 10.1. The van der Waals surface area contributed by atoms with Crippen LogP contribution in [-0.4, -0.2) is 23.8 Å². The van der Waals surface area contributed by atoms with Gasteiger partial charge < -0.3 is 15.1 Å². The molecule has 0 amide bonds. The first-order valence-corrected chi connectivity index (χ1v) is 7.20. The molecule has 1 aromatic heterocycles. The molecule has 0 aliphatic rings. The molecule has 1 unspecified atom stereocenters. The van der Waals surface area contributed by atoms with Crippen LogP contribution >= 0.6 is 11.3 Å². The summed E-state index contributed by atoms with van der Waals surface area (Å²) in [6.07, 6.45) is 0.345. The van der Waals surface area contributed by atoms with Crippen LogP contribution in [0.5, 0.6) is 5.75 Å². The number of thiophene rings is 1. The highest BCUT2D eigenvalue weighted by molar-refractivity contribution is 7.09. The lowest BCUT2D eigenvalue weighted by Gasteiger charge is -2.20. The number of phenolic OH excluding ortho intramolecular Hbond substituents is 1. The van der Waals surface area contributed by atoms with E-state index in [1.165, 1.54) is 4.88 Å². The third kappa shape index (κ3) is 3.49. The largest absolute Gasteiger partial charge is 0.507 e. The highest BCUT2D eigenvalue weighted by atomic mass is 32.1. The van der Waals surface area contributed by atoms with E-state index in [-0.39, 0.29) is 5.75 Å². The van der Waals surface area contributed by atoms with E-state index < -0.39 is 6.10 Å². The van der Waals surface area contributed by atoms with Gasteiger partial charge in [0.15, 0.2) is 0 Å². The van der Waals surface area contributed by atoms with Crippen molar-refractivity contribution in [3.63, 3.8) is 0 Å². The Hall–Kier alpha value is -1.52. The second-order valence-electron chi connectivity index (χ2n) is 4.67. The van der Waals surface area contributed by atoms with Gasteiger partial charge in [-0.05, 0) is 30.9 Å². The highest BCUT2D eigenvalue weighted by Crippen LogP contribution is 2.28. The number of anilines is 1. The Morgan fingerprint density at radius 2 is 2.11 bits per heavy atom. The molecule has 2 N–H and O–H groups in total. The monoisotopic (exact) mass is 277 g/mol. The van der Waals surface area contributed by atoms with Crippen molar-refractivity contribution in [2.75, 3.05) is 18.5 Å². The molecule has 19 heavy (non-hydrogen) atoms. The van der Waals surface area contributed by atoms with Crippen LogP contribution in [0.15, 0.2) is 35.7 Å². The maximum absolute atomic E-state index is 9.88. The number of aliphatic hydroxyl groups excluding tert-OH is 1. The Balaban J connectivity index is 2.03. The minimum Gasteiger partial charge on any atom is -0.507 e. The number of hydrogen-bond acceptors (Lipinski definition) is 4. The standard InChI is InChI=1S/C15H19NO2S/c1-11(17)14-6-5-12(10-15(14)18)16(2)8-7-13-4-3-9-19-13/h3-6,9-11,17-18H,7-8H2,1-2H3. The van der Waals surface area contributed by atoms with Crippen LogP contribution < -0.4 is 4.90 Å². The van der Waals surface area contributed by atoms with Gasteiger partial charge in [-0.3, -0.25) is 0 Å². The molecule has 1 atom stereocenters. The van der Waals surface area contributed by atoms with Crippen LogP contribution in [0.4, 0.5) is 5.69 Å². The molecule has 0 saturated carbocycles. The van der Waals surface area contributed by atoms with Gasteiger partial charge in [0.25, 0.3) is 0 Å². The molecule has 0 spiro atoms. The number of rotatable bonds is 5. The van der Waals surface area contributed by atoms with E-state index in [9.17, 15) is 10.2 Å². The SMILES string of the molecule is CC(O)c1ccc(N(C)CCc2cccs2)cc1O. The zero-order chi connectivity index (χ0) is 13.8. The second kappa shape index (κ2) is 6.08. The van der Waals surface area contributed by atoms with Crippen molar-refractivity contribution in [1.82, 2.24) is 0 Å². The molecule has 102 valence electrons. The molecule has 0 fully saturated rings. The maximum Gasteiger partial charge on any atom is 0.123 e. The van der Waals surface area contributed by atoms with Crippen LogP contribution in [0, 0.1) is 0 Å². The van der Waals surface area contributed by atoms with Crippen molar-refractivity contribution in [2.24, 2.45) is 0 Å². The summed E-state index contributed by atoms with van der Waals surface area (Å²) in [7, 11) is 2.00. The normalized spacial score (nSPS) is 12.4. The third-order valence-corrected chi connectivity index (χ3v) is 4.11. The number of aliphatic hydroxyl groups is 1. The fraction of sp³-hybridized carbons (Fsp3) is 0.333. The van der Waals surface area contributed by atoms with Gasteiger partial charge in [0.05, 0.1) is 6.10 Å². The molecule has 3 nitrogen and oxygen atoms in total. The van der Waals surface area contributed by atoms with Gasteiger partial charge in [0.2, 0.25) is 0 Å². The Morgan fingerprint density at radius 3 is 2.68 bits per heavy atom. The molecule has 2 rings (SSSR count). The summed E-state index contributed by atoms with van der Waals surface area (Å²) in [6, 6.07) is 9.60. The first-order valence-electron chi connectivity index (χ1n) is 6.32. The number of nitrogens with zero attached hydrogens (tertiary/aromatic N) is 1. The molecule has 0 aliphatic heterocycles. The van der Waals surface area contributed by atoms with Gasteiger partial charge >= 0.3 is 0 Å². The van der Waals surface area contributed by atoms with E-state index in [0.29, 0.717) is 5.56 Å². The summed E-state index contributed by atoms with van der Waals surface area (Å²) in [4.78, 5) is 3.46. The van der Waals surface area contributed by atoms with Crippen molar-refractivity contribution in [3.8, 4) is 5.75 Å². The quantitative estimate of drug-likeness (QED) is 0.882. The Morgan fingerprint density at radius 1 is 1.32 bits per heavy atom.